The van der Waals surface area contributed by atoms with Crippen LogP contribution in [0, 0.1) is 0 Å². The molecule has 0 bridgehead atoms. The summed E-state index contributed by atoms with van der Waals surface area (Å²) < 4.78 is 1.83. The van der Waals surface area contributed by atoms with Crippen molar-refractivity contribution in [2.45, 2.75) is 0 Å². The Labute approximate surface area is 144 Å². The van der Waals surface area contributed by atoms with E-state index in [1.54, 1.807) is 0 Å². The normalized spacial score (nSPS) is 11.4. The van der Waals surface area contributed by atoms with Crippen LogP contribution in [0.25, 0.3) is 32.6 Å². The zero-order valence-electron chi connectivity index (χ0n) is 13.5. The first-order valence-corrected chi connectivity index (χ1v) is 8.35. The maximum Gasteiger partial charge on any atom is 0.262 e. The molecule has 0 spiro atoms. The summed E-state index contributed by atoms with van der Waals surface area (Å²) >= 11 is 0. The molecular formula is C23H15NO. The number of hydrogen-bond donors (Lipinski definition) is 0. The van der Waals surface area contributed by atoms with Gasteiger partial charge in [0.05, 0.1) is 11.0 Å². The Balaban J connectivity index is 1.79. The molecule has 25 heavy (non-hydrogen) atoms. The van der Waals surface area contributed by atoms with Crippen LogP contribution < -0.4 is 0 Å². The maximum absolute atomic E-state index is 13.3. The van der Waals surface area contributed by atoms with Gasteiger partial charge in [-0.15, -0.1) is 0 Å². The summed E-state index contributed by atoms with van der Waals surface area (Å²) in [5.41, 5.74) is 2.59. The van der Waals surface area contributed by atoms with Crippen LogP contribution in [0.4, 0.5) is 0 Å². The van der Waals surface area contributed by atoms with E-state index in [0.717, 1.165) is 32.6 Å². The lowest BCUT2D eigenvalue weighted by Gasteiger charge is -2.07. The molecule has 2 heteroatoms. The summed E-state index contributed by atoms with van der Waals surface area (Å²) in [5, 5.41) is 4.43. The molecule has 4 aromatic carbocycles. The number of nitrogens with zero attached hydrogens (tertiary/aromatic N) is 1. The molecule has 0 aliphatic heterocycles. The minimum atomic E-state index is 0.00292. The predicted molar refractivity (Wildman–Crippen MR) is 103 cm³/mol. The van der Waals surface area contributed by atoms with Crippen LogP contribution in [-0.2, 0) is 0 Å². The third kappa shape index (κ3) is 2.08. The SMILES string of the molecule is O=C(c1ccc2ccccc2c1)n1c2ccccc2c2ccccc21. The second kappa shape index (κ2) is 5.32. The number of hydrogen-bond acceptors (Lipinski definition) is 1. The van der Waals surface area contributed by atoms with Crippen LogP contribution >= 0.6 is 0 Å². The summed E-state index contributed by atoms with van der Waals surface area (Å²) in [5.74, 6) is 0.00292. The van der Waals surface area contributed by atoms with Crippen molar-refractivity contribution in [3.05, 3.63) is 96.6 Å². The molecule has 0 radical (unpaired) electrons. The van der Waals surface area contributed by atoms with E-state index in [-0.39, 0.29) is 5.91 Å². The van der Waals surface area contributed by atoms with E-state index in [4.69, 9.17) is 0 Å². The Morgan fingerprint density at radius 1 is 0.600 bits per heavy atom. The number of aromatic nitrogens is 1. The van der Waals surface area contributed by atoms with Crippen LogP contribution in [0.2, 0.25) is 0 Å². The predicted octanol–water partition coefficient (Wildman–Crippen LogP) is 5.64. The lowest BCUT2D eigenvalue weighted by Crippen LogP contribution is -2.11. The number of benzene rings is 4. The third-order valence-electron chi connectivity index (χ3n) is 4.78. The fraction of sp³-hybridized carbons (Fsp3) is 0. The summed E-state index contributed by atoms with van der Waals surface area (Å²) in [7, 11) is 0. The van der Waals surface area contributed by atoms with Gasteiger partial charge in [0.1, 0.15) is 0 Å². The number of fused-ring (bicyclic) bond motifs is 4. The lowest BCUT2D eigenvalue weighted by atomic mass is 10.1. The molecule has 0 N–H and O–H groups in total. The van der Waals surface area contributed by atoms with E-state index >= 15 is 0 Å². The summed E-state index contributed by atoms with van der Waals surface area (Å²) in [6.07, 6.45) is 0. The van der Waals surface area contributed by atoms with E-state index < -0.39 is 0 Å². The standard InChI is InChI=1S/C23H15NO/c25-23(18-14-13-16-7-1-2-8-17(16)15-18)24-21-11-5-3-9-19(21)20-10-4-6-12-22(20)24/h1-15H. The highest BCUT2D eigenvalue weighted by Crippen LogP contribution is 2.29. The first kappa shape index (κ1) is 14.0. The van der Waals surface area contributed by atoms with E-state index in [9.17, 15) is 4.79 Å². The number of rotatable bonds is 1. The molecule has 118 valence electrons. The van der Waals surface area contributed by atoms with Gasteiger partial charge >= 0.3 is 0 Å². The molecule has 5 aromatic rings. The van der Waals surface area contributed by atoms with E-state index in [2.05, 4.69) is 18.2 Å². The van der Waals surface area contributed by atoms with E-state index in [1.807, 2.05) is 77.4 Å². The molecule has 0 fully saturated rings. The molecule has 1 aromatic heterocycles. The first-order chi connectivity index (χ1) is 12.3. The van der Waals surface area contributed by atoms with Crippen molar-refractivity contribution in [2.24, 2.45) is 0 Å². The minimum absolute atomic E-state index is 0.00292. The zero-order chi connectivity index (χ0) is 16.8. The first-order valence-electron chi connectivity index (χ1n) is 8.35. The van der Waals surface area contributed by atoms with Gasteiger partial charge in [-0.2, -0.15) is 0 Å². The van der Waals surface area contributed by atoms with Gasteiger partial charge in [0.25, 0.3) is 5.91 Å². The molecule has 5 rings (SSSR count). The molecule has 0 saturated heterocycles. The average molecular weight is 321 g/mol. The van der Waals surface area contributed by atoms with Gasteiger partial charge < -0.3 is 0 Å². The van der Waals surface area contributed by atoms with Gasteiger partial charge in [-0.25, -0.2) is 0 Å². The van der Waals surface area contributed by atoms with Gasteiger partial charge in [0, 0.05) is 16.3 Å². The molecule has 0 aliphatic carbocycles. The van der Waals surface area contributed by atoms with Crippen molar-refractivity contribution >= 4 is 38.5 Å². The summed E-state index contributed by atoms with van der Waals surface area (Å²) in [4.78, 5) is 13.3. The molecule has 0 aliphatic rings. The molecular weight excluding hydrogens is 306 g/mol. The van der Waals surface area contributed by atoms with Gasteiger partial charge in [0.15, 0.2) is 0 Å². The Kier molecular flexibility index (Phi) is 2.98. The van der Waals surface area contributed by atoms with Crippen molar-refractivity contribution in [1.82, 2.24) is 4.57 Å². The van der Waals surface area contributed by atoms with Gasteiger partial charge in [0.2, 0.25) is 0 Å². The monoisotopic (exact) mass is 321 g/mol. The summed E-state index contributed by atoms with van der Waals surface area (Å²) in [6, 6.07) is 30.1. The highest BCUT2D eigenvalue weighted by Gasteiger charge is 2.17. The van der Waals surface area contributed by atoms with Crippen LogP contribution in [0.15, 0.2) is 91.0 Å². The van der Waals surface area contributed by atoms with Gasteiger partial charge in [-0.05, 0) is 35.0 Å². The highest BCUT2D eigenvalue weighted by molar-refractivity contribution is 6.16. The smallest absolute Gasteiger partial charge is 0.262 e. The fourth-order valence-electron chi connectivity index (χ4n) is 3.59. The van der Waals surface area contributed by atoms with Crippen molar-refractivity contribution in [3.8, 4) is 0 Å². The molecule has 0 amide bonds. The quantitative estimate of drug-likeness (QED) is 0.392. The lowest BCUT2D eigenvalue weighted by molar-refractivity contribution is 0.0969. The second-order valence-corrected chi connectivity index (χ2v) is 6.24. The minimum Gasteiger partial charge on any atom is -0.276 e. The second-order valence-electron chi connectivity index (χ2n) is 6.24. The average Bonchev–Trinajstić information content (AvgIpc) is 3.01. The van der Waals surface area contributed by atoms with E-state index in [1.165, 1.54) is 0 Å². The van der Waals surface area contributed by atoms with Gasteiger partial charge in [-0.3, -0.25) is 9.36 Å². The number of carbonyl (C=O) groups is 1. The Morgan fingerprint density at radius 2 is 1.16 bits per heavy atom. The molecule has 2 nitrogen and oxygen atoms in total. The maximum atomic E-state index is 13.3. The Morgan fingerprint density at radius 3 is 1.84 bits per heavy atom. The van der Waals surface area contributed by atoms with Crippen molar-refractivity contribution in [1.29, 1.82) is 0 Å². The third-order valence-corrected chi connectivity index (χ3v) is 4.78. The molecule has 0 unspecified atom stereocenters. The topological polar surface area (TPSA) is 22.0 Å². The molecule has 0 saturated carbocycles. The van der Waals surface area contributed by atoms with E-state index in [0.29, 0.717) is 5.56 Å². The zero-order valence-corrected chi connectivity index (χ0v) is 13.5. The number of para-hydroxylation sites is 2. The van der Waals surface area contributed by atoms with Crippen LogP contribution in [-0.4, -0.2) is 10.5 Å². The van der Waals surface area contributed by atoms with Crippen molar-refractivity contribution in [2.75, 3.05) is 0 Å². The molecule has 1 heterocycles. The van der Waals surface area contributed by atoms with Crippen molar-refractivity contribution in [3.63, 3.8) is 0 Å². The largest absolute Gasteiger partial charge is 0.276 e. The van der Waals surface area contributed by atoms with Crippen LogP contribution in [0.3, 0.4) is 0 Å². The van der Waals surface area contributed by atoms with Gasteiger partial charge in [-0.1, -0.05) is 66.7 Å². The fourth-order valence-corrected chi connectivity index (χ4v) is 3.59. The van der Waals surface area contributed by atoms with Crippen molar-refractivity contribution < 1.29 is 4.79 Å². The van der Waals surface area contributed by atoms with Crippen LogP contribution in [0.1, 0.15) is 10.4 Å². The highest BCUT2D eigenvalue weighted by atomic mass is 16.2. The molecule has 0 atom stereocenters. The Hall–Kier alpha value is -3.39. The number of carbonyl (C=O) groups excluding carboxylic acids is 1. The Bertz CT molecular complexity index is 1210. The van der Waals surface area contributed by atoms with Crippen LogP contribution in [0.5, 0.6) is 0 Å². The summed E-state index contributed by atoms with van der Waals surface area (Å²) in [6.45, 7) is 0.